The van der Waals surface area contributed by atoms with Crippen molar-refractivity contribution in [2.24, 2.45) is 0 Å². The zero-order valence-corrected chi connectivity index (χ0v) is 11.9. The molecule has 0 spiro atoms. The second-order valence-corrected chi connectivity index (χ2v) is 4.91. The van der Waals surface area contributed by atoms with Gasteiger partial charge in [-0.2, -0.15) is 0 Å². The van der Waals surface area contributed by atoms with Crippen LogP contribution in [0.5, 0.6) is 5.75 Å². The van der Waals surface area contributed by atoms with Crippen molar-refractivity contribution in [1.82, 2.24) is 0 Å². The topological polar surface area (TPSA) is 65.0 Å². The number of carboxylic acids is 1. The highest BCUT2D eigenvalue weighted by atomic mass is 16.7. The van der Waals surface area contributed by atoms with Gasteiger partial charge in [-0.1, -0.05) is 30.3 Å². The summed E-state index contributed by atoms with van der Waals surface area (Å²) in [6.07, 6.45) is -0.579. The molecule has 5 nitrogen and oxygen atoms in total. The van der Waals surface area contributed by atoms with Gasteiger partial charge < -0.3 is 19.3 Å². The molecule has 2 aromatic rings. The van der Waals surface area contributed by atoms with Crippen LogP contribution in [0.15, 0.2) is 48.5 Å². The van der Waals surface area contributed by atoms with Crippen molar-refractivity contribution in [2.45, 2.75) is 12.9 Å². The fourth-order valence-corrected chi connectivity index (χ4v) is 2.27. The van der Waals surface area contributed by atoms with Crippen LogP contribution in [0.3, 0.4) is 0 Å². The van der Waals surface area contributed by atoms with E-state index in [9.17, 15) is 4.79 Å². The summed E-state index contributed by atoms with van der Waals surface area (Å²) in [7, 11) is 0. The molecule has 0 unspecified atom stereocenters. The minimum absolute atomic E-state index is 0.182. The average Bonchev–Trinajstić information content (AvgIpc) is 3.08. The molecule has 1 N–H and O–H groups in total. The van der Waals surface area contributed by atoms with Gasteiger partial charge in [-0.05, 0) is 23.8 Å². The Morgan fingerprint density at radius 1 is 1.14 bits per heavy atom. The third-order valence-corrected chi connectivity index (χ3v) is 3.37. The van der Waals surface area contributed by atoms with Crippen LogP contribution >= 0.6 is 0 Å². The van der Waals surface area contributed by atoms with Gasteiger partial charge in [0.15, 0.2) is 6.29 Å². The van der Waals surface area contributed by atoms with E-state index in [2.05, 4.69) is 0 Å². The highest BCUT2D eigenvalue weighted by Crippen LogP contribution is 2.32. The zero-order chi connectivity index (χ0) is 15.4. The molecule has 0 aromatic heterocycles. The van der Waals surface area contributed by atoms with E-state index in [1.807, 2.05) is 30.3 Å². The molecule has 1 heterocycles. The van der Waals surface area contributed by atoms with E-state index < -0.39 is 12.3 Å². The molecule has 0 aliphatic carbocycles. The van der Waals surface area contributed by atoms with Gasteiger partial charge in [0.2, 0.25) is 0 Å². The number of hydrogen-bond acceptors (Lipinski definition) is 4. The molecular weight excluding hydrogens is 284 g/mol. The molecule has 0 bridgehead atoms. The second kappa shape index (κ2) is 6.60. The van der Waals surface area contributed by atoms with Crippen LogP contribution in [-0.2, 0) is 16.1 Å². The maximum Gasteiger partial charge on any atom is 0.335 e. The van der Waals surface area contributed by atoms with E-state index in [0.29, 0.717) is 31.1 Å². The number of rotatable bonds is 5. The first-order valence-electron chi connectivity index (χ1n) is 7.01. The van der Waals surface area contributed by atoms with Crippen molar-refractivity contribution in [3.8, 4) is 5.75 Å². The number of ether oxygens (including phenoxy) is 3. The van der Waals surface area contributed by atoms with Crippen LogP contribution in [0.1, 0.15) is 27.8 Å². The van der Waals surface area contributed by atoms with E-state index in [0.717, 1.165) is 5.56 Å². The Balaban J connectivity index is 1.83. The molecule has 1 fully saturated rings. The molecule has 1 saturated heterocycles. The Bertz CT molecular complexity index is 647. The van der Waals surface area contributed by atoms with Crippen LogP contribution < -0.4 is 4.74 Å². The van der Waals surface area contributed by atoms with Crippen LogP contribution in [0.25, 0.3) is 0 Å². The molecule has 1 aliphatic heterocycles. The fraction of sp³-hybridized carbons (Fsp3) is 0.235. The van der Waals surface area contributed by atoms with Gasteiger partial charge in [-0.25, -0.2) is 4.79 Å². The quantitative estimate of drug-likeness (QED) is 0.919. The first-order chi connectivity index (χ1) is 10.7. The summed E-state index contributed by atoms with van der Waals surface area (Å²) in [5.74, 6) is -0.422. The number of hydrogen-bond donors (Lipinski definition) is 1. The molecule has 5 heteroatoms. The van der Waals surface area contributed by atoms with Crippen molar-refractivity contribution in [2.75, 3.05) is 13.2 Å². The summed E-state index contributed by atoms with van der Waals surface area (Å²) in [6, 6.07) is 14.5. The lowest BCUT2D eigenvalue weighted by atomic mass is 10.1. The highest BCUT2D eigenvalue weighted by Gasteiger charge is 2.23. The van der Waals surface area contributed by atoms with E-state index >= 15 is 0 Å². The predicted octanol–water partition coefficient (Wildman–Crippen LogP) is 3.01. The Kier molecular flexibility index (Phi) is 4.37. The lowest BCUT2D eigenvalue weighted by Gasteiger charge is -2.16. The second-order valence-electron chi connectivity index (χ2n) is 4.91. The monoisotopic (exact) mass is 300 g/mol. The van der Waals surface area contributed by atoms with E-state index in [1.165, 1.54) is 6.07 Å². The SMILES string of the molecule is O=C(O)c1ccc(OCc2ccccc2)c(C2OCCO2)c1. The number of aromatic carboxylic acids is 1. The Hall–Kier alpha value is -2.37. The predicted molar refractivity (Wildman–Crippen MR) is 78.8 cm³/mol. The van der Waals surface area contributed by atoms with Crippen LogP contribution in [0.4, 0.5) is 0 Å². The molecule has 114 valence electrons. The summed E-state index contributed by atoms with van der Waals surface area (Å²) in [5, 5.41) is 9.13. The maximum absolute atomic E-state index is 11.1. The Morgan fingerprint density at radius 2 is 1.86 bits per heavy atom. The third kappa shape index (κ3) is 3.27. The number of carboxylic acid groups (broad SMARTS) is 1. The Morgan fingerprint density at radius 3 is 2.55 bits per heavy atom. The van der Waals surface area contributed by atoms with Gasteiger partial charge in [0, 0.05) is 0 Å². The highest BCUT2D eigenvalue weighted by molar-refractivity contribution is 5.88. The van der Waals surface area contributed by atoms with Crippen molar-refractivity contribution in [3.05, 3.63) is 65.2 Å². The molecular formula is C17H16O5. The van der Waals surface area contributed by atoms with Crippen LogP contribution in [0, 0.1) is 0 Å². The van der Waals surface area contributed by atoms with Gasteiger partial charge in [0.25, 0.3) is 0 Å². The zero-order valence-electron chi connectivity index (χ0n) is 11.9. The van der Waals surface area contributed by atoms with Gasteiger partial charge >= 0.3 is 5.97 Å². The summed E-state index contributed by atoms with van der Waals surface area (Å²) >= 11 is 0. The normalized spacial score (nSPS) is 14.9. The summed E-state index contributed by atoms with van der Waals surface area (Å²) < 4.78 is 16.8. The smallest absolute Gasteiger partial charge is 0.335 e. The minimum Gasteiger partial charge on any atom is -0.488 e. The molecule has 2 aromatic carbocycles. The van der Waals surface area contributed by atoms with Gasteiger partial charge in [-0.15, -0.1) is 0 Å². The molecule has 3 rings (SSSR count). The number of carbonyl (C=O) groups is 1. The lowest BCUT2D eigenvalue weighted by Crippen LogP contribution is -2.06. The molecule has 0 atom stereocenters. The molecule has 0 amide bonds. The fourth-order valence-electron chi connectivity index (χ4n) is 2.27. The minimum atomic E-state index is -0.992. The van der Waals surface area contributed by atoms with Gasteiger partial charge in [0.1, 0.15) is 12.4 Å². The number of benzene rings is 2. The average molecular weight is 300 g/mol. The van der Waals surface area contributed by atoms with Crippen molar-refractivity contribution >= 4 is 5.97 Å². The summed E-state index contributed by atoms with van der Waals surface area (Å²) in [6.45, 7) is 1.37. The van der Waals surface area contributed by atoms with Crippen molar-refractivity contribution in [1.29, 1.82) is 0 Å². The largest absolute Gasteiger partial charge is 0.488 e. The van der Waals surface area contributed by atoms with Gasteiger partial charge in [0.05, 0.1) is 24.3 Å². The summed E-state index contributed by atoms with van der Waals surface area (Å²) in [4.78, 5) is 11.1. The van der Waals surface area contributed by atoms with Gasteiger partial charge in [-0.3, -0.25) is 0 Å². The van der Waals surface area contributed by atoms with Crippen molar-refractivity contribution < 1.29 is 24.1 Å². The third-order valence-electron chi connectivity index (χ3n) is 3.37. The first-order valence-corrected chi connectivity index (χ1v) is 7.01. The van der Waals surface area contributed by atoms with Crippen LogP contribution in [-0.4, -0.2) is 24.3 Å². The van der Waals surface area contributed by atoms with Crippen LogP contribution in [0.2, 0.25) is 0 Å². The molecule has 0 radical (unpaired) electrons. The molecule has 1 aliphatic rings. The van der Waals surface area contributed by atoms with Crippen molar-refractivity contribution in [3.63, 3.8) is 0 Å². The first kappa shape index (κ1) is 14.6. The maximum atomic E-state index is 11.1. The summed E-state index contributed by atoms with van der Waals surface area (Å²) in [5.41, 5.74) is 1.82. The molecule has 22 heavy (non-hydrogen) atoms. The van der Waals surface area contributed by atoms with E-state index in [4.69, 9.17) is 19.3 Å². The lowest BCUT2D eigenvalue weighted by molar-refractivity contribution is -0.0459. The molecule has 0 saturated carbocycles. The van der Waals surface area contributed by atoms with E-state index in [-0.39, 0.29) is 5.56 Å². The standard InChI is InChI=1S/C17H16O5/c18-16(19)13-6-7-15(14(10-13)17-20-8-9-21-17)22-11-12-4-2-1-3-5-12/h1-7,10,17H,8-9,11H2,(H,18,19). The van der Waals surface area contributed by atoms with E-state index in [1.54, 1.807) is 12.1 Å². The Labute approximate surface area is 128 Å².